The number of aliphatic imine (C=N–C) groups is 1. The minimum atomic E-state index is 0.491. The Hall–Kier alpha value is -1.93. The molecule has 0 saturated carbocycles. The van der Waals surface area contributed by atoms with Crippen molar-refractivity contribution in [3.8, 4) is 11.8 Å². The average Bonchev–Trinajstić information content (AvgIpc) is 2.71. The molecule has 0 aliphatic carbocycles. The molecule has 0 fully saturated rings. The Balaban J connectivity index is 2.28. The lowest BCUT2D eigenvalue weighted by Gasteiger charge is -2.00. The van der Waals surface area contributed by atoms with E-state index in [2.05, 4.69) is 11.1 Å². The van der Waals surface area contributed by atoms with Crippen LogP contribution in [0.4, 0.5) is 5.69 Å². The first-order valence-electron chi connectivity index (χ1n) is 4.99. The fourth-order valence-corrected chi connectivity index (χ4v) is 2.34. The molecular weight excluding hydrogens is 234 g/mol. The second-order valence-corrected chi connectivity index (χ2v) is 4.38. The van der Waals surface area contributed by atoms with E-state index in [9.17, 15) is 0 Å². The molecule has 0 radical (unpaired) electrons. The molecule has 0 aromatic heterocycles. The Labute approximate surface area is 104 Å². The van der Waals surface area contributed by atoms with E-state index in [0.717, 1.165) is 11.4 Å². The minimum absolute atomic E-state index is 0.491. The molecule has 0 bridgehead atoms. The molecule has 5 heteroatoms. The quantitative estimate of drug-likeness (QED) is 0.867. The smallest absolute Gasteiger partial charge is 0.119 e. The van der Waals surface area contributed by atoms with Crippen LogP contribution in [0.1, 0.15) is 0 Å². The normalized spacial score (nSPS) is 17.3. The van der Waals surface area contributed by atoms with Gasteiger partial charge in [-0.15, -0.1) is 0 Å². The monoisotopic (exact) mass is 245 g/mol. The molecule has 2 N–H and O–H groups in total. The van der Waals surface area contributed by atoms with Crippen LogP contribution in [0.25, 0.3) is 0 Å². The van der Waals surface area contributed by atoms with Gasteiger partial charge in [0.2, 0.25) is 0 Å². The van der Waals surface area contributed by atoms with Crippen molar-refractivity contribution in [1.82, 2.24) is 0 Å². The Morgan fingerprint density at radius 1 is 1.41 bits per heavy atom. The van der Waals surface area contributed by atoms with Gasteiger partial charge in [-0.05, 0) is 24.3 Å². The number of hydrogen-bond acceptors (Lipinski definition) is 5. The van der Waals surface area contributed by atoms with Gasteiger partial charge in [-0.1, -0.05) is 11.8 Å². The number of nitriles is 1. The predicted molar refractivity (Wildman–Crippen MR) is 69.4 cm³/mol. The van der Waals surface area contributed by atoms with Crippen LogP contribution in [-0.4, -0.2) is 17.9 Å². The maximum Gasteiger partial charge on any atom is 0.119 e. The highest BCUT2D eigenvalue weighted by Crippen LogP contribution is 2.28. The predicted octanol–water partition coefficient (Wildman–Crippen LogP) is 2.21. The molecule has 0 saturated heterocycles. The summed E-state index contributed by atoms with van der Waals surface area (Å²) in [6, 6.07) is 9.43. The van der Waals surface area contributed by atoms with Crippen molar-refractivity contribution in [2.75, 3.05) is 12.9 Å². The van der Waals surface area contributed by atoms with Gasteiger partial charge in [-0.3, -0.25) is 0 Å². The molecule has 0 spiro atoms. The second kappa shape index (κ2) is 4.93. The van der Waals surface area contributed by atoms with Gasteiger partial charge in [-0.25, -0.2) is 4.99 Å². The Bertz CT molecular complexity index is 526. The Morgan fingerprint density at radius 2 is 2.12 bits per heavy atom. The molecule has 2 rings (SSSR count). The maximum absolute atomic E-state index is 8.97. The molecule has 17 heavy (non-hydrogen) atoms. The van der Waals surface area contributed by atoms with Crippen LogP contribution in [0.15, 0.2) is 40.5 Å². The third-order valence-corrected chi connectivity index (χ3v) is 3.34. The number of hydrogen-bond donors (Lipinski definition) is 1. The molecule has 86 valence electrons. The average molecular weight is 245 g/mol. The van der Waals surface area contributed by atoms with Crippen molar-refractivity contribution < 1.29 is 4.74 Å². The van der Waals surface area contributed by atoms with E-state index in [4.69, 9.17) is 15.7 Å². The first-order chi connectivity index (χ1) is 8.24. The topological polar surface area (TPSA) is 71.4 Å². The van der Waals surface area contributed by atoms with E-state index in [1.165, 1.54) is 11.8 Å². The van der Waals surface area contributed by atoms with Gasteiger partial charge in [0, 0.05) is 11.4 Å². The first kappa shape index (κ1) is 11.6. The number of benzene rings is 1. The van der Waals surface area contributed by atoms with Gasteiger partial charge in [0.1, 0.15) is 22.4 Å². The number of methoxy groups -OCH3 is 1. The highest BCUT2D eigenvalue weighted by atomic mass is 32.2. The van der Waals surface area contributed by atoms with Crippen molar-refractivity contribution in [3.63, 3.8) is 0 Å². The van der Waals surface area contributed by atoms with E-state index in [0.29, 0.717) is 22.1 Å². The number of rotatable bonds is 2. The minimum Gasteiger partial charge on any atom is -0.497 e. The summed E-state index contributed by atoms with van der Waals surface area (Å²) in [4.78, 5) is 4.40. The SMILES string of the molecule is COc1ccc(N=C2SCC(N)=C2C#N)cc1. The van der Waals surface area contributed by atoms with Crippen LogP contribution in [-0.2, 0) is 0 Å². The Kier molecular flexibility index (Phi) is 3.35. The van der Waals surface area contributed by atoms with Crippen LogP contribution in [0, 0.1) is 11.3 Å². The molecular formula is C12H11N3OS. The third kappa shape index (κ3) is 2.43. The second-order valence-electron chi connectivity index (χ2n) is 3.42. The molecule has 1 aliphatic rings. The molecule has 0 unspecified atom stereocenters. The number of thioether (sulfide) groups is 1. The zero-order valence-corrected chi connectivity index (χ0v) is 10.1. The van der Waals surface area contributed by atoms with Crippen LogP contribution in [0.3, 0.4) is 0 Å². The summed E-state index contributed by atoms with van der Waals surface area (Å²) in [5, 5.41) is 9.65. The summed E-state index contributed by atoms with van der Waals surface area (Å²) >= 11 is 1.49. The fourth-order valence-electron chi connectivity index (χ4n) is 1.41. The Morgan fingerprint density at radius 3 is 2.71 bits per heavy atom. The standard InChI is InChI=1S/C12H11N3OS/c1-16-9-4-2-8(3-5-9)15-12-10(6-13)11(14)7-17-12/h2-5H,7,14H2,1H3. The van der Waals surface area contributed by atoms with Crippen LogP contribution < -0.4 is 10.5 Å². The van der Waals surface area contributed by atoms with Gasteiger partial charge in [0.15, 0.2) is 0 Å². The van der Waals surface area contributed by atoms with Gasteiger partial charge in [0.25, 0.3) is 0 Å². The van der Waals surface area contributed by atoms with E-state index >= 15 is 0 Å². The lowest BCUT2D eigenvalue weighted by Crippen LogP contribution is -1.99. The van der Waals surface area contributed by atoms with Gasteiger partial charge in [-0.2, -0.15) is 5.26 Å². The van der Waals surface area contributed by atoms with Gasteiger partial charge >= 0.3 is 0 Å². The molecule has 1 aromatic carbocycles. The zero-order chi connectivity index (χ0) is 12.3. The summed E-state index contributed by atoms with van der Waals surface area (Å²) in [5.74, 6) is 1.42. The largest absolute Gasteiger partial charge is 0.497 e. The van der Waals surface area contributed by atoms with E-state index in [1.807, 2.05) is 24.3 Å². The summed E-state index contributed by atoms with van der Waals surface area (Å²) in [6.07, 6.45) is 0. The van der Waals surface area contributed by atoms with Crippen LogP contribution in [0.5, 0.6) is 5.75 Å². The molecule has 1 aliphatic heterocycles. The highest BCUT2D eigenvalue weighted by Gasteiger charge is 2.19. The molecule has 4 nitrogen and oxygen atoms in total. The summed E-state index contributed by atoms with van der Waals surface area (Å²) in [7, 11) is 1.62. The molecule has 0 amide bonds. The van der Waals surface area contributed by atoms with E-state index < -0.39 is 0 Å². The van der Waals surface area contributed by atoms with Crippen molar-refractivity contribution in [2.45, 2.75) is 0 Å². The van der Waals surface area contributed by atoms with Crippen molar-refractivity contribution in [1.29, 1.82) is 5.26 Å². The third-order valence-electron chi connectivity index (χ3n) is 2.31. The fraction of sp³-hybridized carbons (Fsp3) is 0.167. The molecule has 1 aromatic rings. The van der Waals surface area contributed by atoms with Crippen LogP contribution >= 0.6 is 11.8 Å². The summed E-state index contributed by atoms with van der Waals surface area (Å²) in [6.45, 7) is 0. The van der Waals surface area contributed by atoms with Gasteiger partial charge in [0.05, 0.1) is 12.8 Å². The van der Waals surface area contributed by atoms with Crippen molar-refractivity contribution >= 4 is 22.5 Å². The summed E-state index contributed by atoms with van der Waals surface area (Å²) < 4.78 is 5.06. The molecule has 1 heterocycles. The van der Waals surface area contributed by atoms with Gasteiger partial charge < -0.3 is 10.5 Å². The number of ether oxygens (including phenoxy) is 1. The zero-order valence-electron chi connectivity index (χ0n) is 9.30. The highest BCUT2D eigenvalue weighted by molar-refractivity contribution is 8.15. The van der Waals surface area contributed by atoms with Crippen LogP contribution in [0.2, 0.25) is 0 Å². The van der Waals surface area contributed by atoms with Crippen molar-refractivity contribution in [2.24, 2.45) is 10.7 Å². The van der Waals surface area contributed by atoms with E-state index in [-0.39, 0.29) is 0 Å². The lowest BCUT2D eigenvalue weighted by atomic mass is 10.2. The first-order valence-corrected chi connectivity index (χ1v) is 5.98. The summed E-state index contributed by atoms with van der Waals surface area (Å²) in [5.41, 5.74) is 7.60. The van der Waals surface area contributed by atoms with E-state index in [1.54, 1.807) is 7.11 Å². The van der Waals surface area contributed by atoms with Crippen molar-refractivity contribution in [3.05, 3.63) is 35.5 Å². The number of nitrogens with two attached hydrogens (primary N) is 1. The number of nitrogens with zero attached hydrogens (tertiary/aromatic N) is 2. The lowest BCUT2D eigenvalue weighted by molar-refractivity contribution is 0.415. The maximum atomic E-state index is 8.97. The molecule has 0 atom stereocenters.